The SMILES string of the molecule is Nc1ccccc1C(=O)O.O=C(O)c1ccc(O)cc1. The van der Waals surface area contributed by atoms with Gasteiger partial charge in [-0.3, -0.25) is 0 Å². The summed E-state index contributed by atoms with van der Waals surface area (Å²) in [6, 6.07) is 11.7. The Morgan fingerprint density at radius 3 is 1.80 bits per heavy atom. The van der Waals surface area contributed by atoms with Gasteiger partial charge in [-0.1, -0.05) is 12.1 Å². The zero-order valence-corrected chi connectivity index (χ0v) is 10.4. The van der Waals surface area contributed by atoms with E-state index in [2.05, 4.69) is 0 Å². The van der Waals surface area contributed by atoms with Gasteiger partial charge in [0.1, 0.15) is 5.75 Å². The van der Waals surface area contributed by atoms with E-state index >= 15 is 0 Å². The molecule has 0 aliphatic rings. The molecule has 0 amide bonds. The highest BCUT2D eigenvalue weighted by Crippen LogP contribution is 2.09. The van der Waals surface area contributed by atoms with Crippen molar-refractivity contribution in [2.75, 3.05) is 5.73 Å². The third kappa shape index (κ3) is 4.34. The molecule has 0 aromatic heterocycles. The zero-order valence-electron chi connectivity index (χ0n) is 10.4. The van der Waals surface area contributed by atoms with Gasteiger partial charge in [-0.2, -0.15) is 0 Å². The summed E-state index contributed by atoms with van der Waals surface area (Å²) in [5.74, 6) is -1.90. The summed E-state index contributed by atoms with van der Waals surface area (Å²) >= 11 is 0. The van der Waals surface area contributed by atoms with E-state index in [1.807, 2.05) is 0 Å². The van der Waals surface area contributed by atoms with Crippen LogP contribution in [-0.2, 0) is 0 Å². The number of benzene rings is 2. The summed E-state index contributed by atoms with van der Waals surface area (Å²) in [5.41, 5.74) is 5.98. The molecule has 0 saturated heterocycles. The standard InChI is InChI=1S/C7H7NO2.C7H6O3/c8-6-4-2-1-3-5(6)7(9)10;8-6-3-1-5(2-4-6)7(9)10/h1-4H,8H2,(H,9,10);1-4,8H,(H,9,10). The molecule has 0 aliphatic heterocycles. The second kappa shape index (κ2) is 6.79. The number of carboxylic acids is 2. The summed E-state index contributed by atoms with van der Waals surface area (Å²) in [4.78, 5) is 20.6. The topological polar surface area (TPSA) is 121 Å². The van der Waals surface area contributed by atoms with Crippen LogP contribution >= 0.6 is 0 Å². The van der Waals surface area contributed by atoms with Gasteiger partial charge in [-0.25, -0.2) is 9.59 Å². The van der Waals surface area contributed by atoms with Crippen LogP contribution in [0.3, 0.4) is 0 Å². The van der Waals surface area contributed by atoms with Crippen molar-refractivity contribution in [2.24, 2.45) is 0 Å². The van der Waals surface area contributed by atoms with Crippen LogP contribution in [0, 0.1) is 0 Å². The highest BCUT2D eigenvalue weighted by Gasteiger charge is 2.03. The molecule has 6 nitrogen and oxygen atoms in total. The first-order chi connectivity index (χ1) is 9.41. The fourth-order valence-corrected chi connectivity index (χ4v) is 1.30. The van der Waals surface area contributed by atoms with Crippen molar-refractivity contribution in [3.8, 4) is 5.75 Å². The number of aromatic hydroxyl groups is 1. The molecule has 0 heterocycles. The molecule has 0 atom stereocenters. The molecule has 0 saturated carbocycles. The average Bonchev–Trinajstić information content (AvgIpc) is 2.40. The third-order valence-electron chi connectivity index (χ3n) is 2.31. The van der Waals surface area contributed by atoms with Crippen LogP contribution in [0.1, 0.15) is 20.7 Å². The Bertz CT molecular complexity index is 607. The Kier molecular flexibility index (Phi) is 5.11. The van der Waals surface area contributed by atoms with E-state index in [0.717, 1.165) is 0 Å². The van der Waals surface area contributed by atoms with Gasteiger partial charge in [-0.05, 0) is 36.4 Å². The molecule has 5 N–H and O–H groups in total. The number of nitrogen functional groups attached to an aromatic ring is 1. The van der Waals surface area contributed by atoms with Crippen molar-refractivity contribution < 1.29 is 24.9 Å². The van der Waals surface area contributed by atoms with Gasteiger partial charge in [0, 0.05) is 5.69 Å². The molecule has 0 spiro atoms. The predicted molar refractivity (Wildman–Crippen MR) is 72.9 cm³/mol. The molecule has 0 fully saturated rings. The van der Waals surface area contributed by atoms with Crippen LogP contribution in [0.25, 0.3) is 0 Å². The van der Waals surface area contributed by atoms with E-state index < -0.39 is 11.9 Å². The van der Waals surface area contributed by atoms with Crippen molar-refractivity contribution in [2.45, 2.75) is 0 Å². The Labute approximate surface area is 114 Å². The van der Waals surface area contributed by atoms with Crippen molar-refractivity contribution >= 4 is 17.6 Å². The lowest BCUT2D eigenvalue weighted by Crippen LogP contribution is -2.00. The monoisotopic (exact) mass is 275 g/mol. The number of phenols is 1. The maximum absolute atomic E-state index is 10.3. The minimum absolute atomic E-state index is 0.0741. The van der Waals surface area contributed by atoms with Crippen LogP contribution in [0.15, 0.2) is 48.5 Å². The molecule has 0 radical (unpaired) electrons. The first-order valence-corrected chi connectivity index (χ1v) is 5.52. The van der Waals surface area contributed by atoms with E-state index in [-0.39, 0.29) is 16.9 Å². The van der Waals surface area contributed by atoms with Crippen LogP contribution < -0.4 is 5.73 Å². The maximum atomic E-state index is 10.3. The van der Waals surface area contributed by atoms with E-state index in [1.165, 1.54) is 30.3 Å². The normalized spacial score (nSPS) is 9.20. The molecular formula is C14H13NO5. The number of aromatic carboxylic acids is 2. The molecule has 104 valence electrons. The van der Waals surface area contributed by atoms with Crippen LogP contribution in [0.5, 0.6) is 5.75 Å². The number of para-hydroxylation sites is 1. The number of phenolic OH excluding ortho intramolecular Hbond substituents is 1. The number of hydrogen-bond acceptors (Lipinski definition) is 4. The number of anilines is 1. The number of rotatable bonds is 2. The molecule has 0 bridgehead atoms. The summed E-state index contributed by atoms with van der Waals surface area (Å²) in [5, 5.41) is 25.6. The van der Waals surface area contributed by atoms with Crippen LogP contribution in [0.4, 0.5) is 5.69 Å². The molecule has 6 heteroatoms. The first kappa shape index (κ1) is 15.0. The maximum Gasteiger partial charge on any atom is 0.337 e. The van der Waals surface area contributed by atoms with Gasteiger partial charge < -0.3 is 21.1 Å². The van der Waals surface area contributed by atoms with Crippen molar-refractivity contribution in [3.05, 3.63) is 59.7 Å². The van der Waals surface area contributed by atoms with Crippen molar-refractivity contribution in [1.29, 1.82) is 0 Å². The second-order valence-corrected chi connectivity index (χ2v) is 3.74. The Hall–Kier alpha value is -3.02. The number of nitrogens with two attached hydrogens (primary N) is 1. The summed E-state index contributed by atoms with van der Waals surface area (Å²) in [6.07, 6.45) is 0. The lowest BCUT2D eigenvalue weighted by atomic mass is 10.2. The highest BCUT2D eigenvalue weighted by atomic mass is 16.4. The predicted octanol–water partition coefficient (Wildman–Crippen LogP) is 2.06. The molecule has 2 rings (SSSR count). The third-order valence-corrected chi connectivity index (χ3v) is 2.31. The van der Waals surface area contributed by atoms with Crippen LogP contribution in [0.2, 0.25) is 0 Å². The zero-order chi connectivity index (χ0) is 15.1. The molecule has 20 heavy (non-hydrogen) atoms. The van der Waals surface area contributed by atoms with E-state index in [1.54, 1.807) is 18.2 Å². The van der Waals surface area contributed by atoms with Gasteiger partial charge >= 0.3 is 11.9 Å². The lowest BCUT2D eigenvalue weighted by Gasteiger charge is -1.96. The van der Waals surface area contributed by atoms with Crippen molar-refractivity contribution in [3.63, 3.8) is 0 Å². The van der Waals surface area contributed by atoms with Gasteiger partial charge in [0.2, 0.25) is 0 Å². The first-order valence-electron chi connectivity index (χ1n) is 5.52. The number of carbonyl (C=O) groups is 2. The number of hydrogen-bond donors (Lipinski definition) is 4. The quantitative estimate of drug-likeness (QED) is 0.622. The fourth-order valence-electron chi connectivity index (χ4n) is 1.30. The molecule has 2 aromatic carbocycles. The largest absolute Gasteiger partial charge is 0.508 e. The number of carboxylic acid groups (broad SMARTS) is 2. The smallest absolute Gasteiger partial charge is 0.337 e. The van der Waals surface area contributed by atoms with Gasteiger partial charge in [0.05, 0.1) is 11.1 Å². The average molecular weight is 275 g/mol. The van der Waals surface area contributed by atoms with E-state index in [9.17, 15) is 9.59 Å². The van der Waals surface area contributed by atoms with Gasteiger partial charge in [0.25, 0.3) is 0 Å². The molecule has 0 unspecified atom stereocenters. The second-order valence-electron chi connectivity index (χ2n) is 3.74. The highest BCUT2D eigenvalue weighted by molar-refractivity contribution is 5.93. The summed E-state index contributed by atoms with van der Waals surface area (Å²) in [7, 11) is 0. The fraction of sp³-hybridized carbons (Fsp3) is 0. The summed E-state index contributed by atoms with van der Waals surface area (Å²) < 4.78 is 0. The van der Waals surface area contributed by atoms with Gasteiger partial charge in [-0.15, -0.1) is 0 Å². The van der Waals surface area contributed by atoms with E-state index in [0.29, 0.717) is 5.69 Å². The Morgan fingerprint density at radius 2 is 1.40 bits per heavy atom. The minimum Gasteiger partial charge on any atom is -0.508 e. The minimum atomic E-state index is -0.988. The molecule has 2 aromatic rings. The Balaban J connectivity index is 0.000000200. The lowest BCUT2D eigenvalue weighted by molar-refractivity contribution is 0.0686. The van der Waals surface area contributed by atoms with Crippen molar-refractivity contribution in [1.82, 2.24) is 0 Å². The Morgan fingerprint density at radius 1 is 0.850 bits per heavy atom. The molecule has 0 aliphatic carbocycles. The van der Waals surface area contributed by atoms with E-state index in [4.69, 9.17) is 21.1 Å². The van der Waals surface area contributed by atoms with Crippen LogP contribution in [-0.4, -0.2) is 27.3 Å². The summed E-state index contributed by atoms with van der Waals surface area (Å²) in [6.45, 7) is 0. The molecular weight excluding hydrogens is 262 g/mol. The van der Waals surface area contributed by atoms with Gasteiger partial charge in [0.15, 0.2) is 0 Å².